The van der Waals surface area contributed by atoms with Gasteiger partial charge < -0.3 is 11.1 Å². The molecule has 0 saturated carbocycles. The van der Waals surface area contributed by atoms with E-state index in [9.17, 15) is 4.79 Å². The van der Waals surface area contributed by atoms with Gasteiger partial charge in [0.1, 0.15) is 0 Å². The van der Waals surface area contributed by atoms with E-state index in [2.05, 4.69) is 22.1 Å². The van der Waals surface area contributed by atoms with Gasteiger partial charge in [-0.3, -0.25) is 9.78 Å². The summed E-state index contributed by atoms with van der Waals surface area (Å²) in [5, 5.41) is 4.70. The van der Waals surface area contributed by atoms with Crippen LogP contribution in [0.5, 0.6) is 0 Å². The van der Waals surface area contributed by atoms with Crippen LogP contribution >= 0.6 is 11.3 Å². The lowest BCUT2D eigenvalue weighted by molar-refractivity contribution is 0.0954. The molecule has 2 rings (SSSR count). The molecule has 0 aliphatic heterocycles. The predicted molar refractivity (Wildman–Crippen MR) is 80.5 cm³/mol. The molecule has 0 bridgehead atoms. The van der Waals surface area contributed by atoms with Gasteiger partial charge in [-0.1, -0.05) is 11.8 Å². The Hall–Kier alpha value is -2.16. The number of nitrogens with two attached hydrogens (primary N) is 1. The second-order valence-corrected chi connectivity index (χ2v) is 4.98. The van der Waals surface area contributed by atoms with Crippen LogP contribution in [0.25, 0.3) is 0 Å². The van der Waals surface area contributed by atoms with Gasteiger partial charge in [-0.05, 0) is 30.2 Å². The number of hydrogen-bond donors (Lipinski definition) is 2. The molecule has 2 aromatic heterocycles. The zero-order valence-corrected chi connectivity index (χ0v) is 11.7. The summed E-state index contributed by atoms with van der Waals surface area (Å²) < 4.78 is 0. The molecule has 102 valence electrons. The van der Waals surface area contributed by atoms with Gasteiger partial charge in [0.15, 0.2) is 0 Å². The van der Waals surface area contributed by atoms with Crippen LogP contribution in [0, 0.1) is 11.8 Å². The predicted octanol–water partition coefficient (Wildman–Crippen LogP) is 1.43. The largest absolute Gasteiger partial charge is 0.352 e. The van der Waals surface area contributed by atoms with Gasteiger partial charge >= 0.3 is 0 Å². The summed E-state index contributed by atoms with van der Waals surface area (Å²) in [5.74, 6) is 5.62. The Morgan fingerprint density at radius 1 is 1.40 bits per heavy atom. The fraction of sp³-hybridized carbons (Fsp3) is 0.200. The molecule has 5 heteroatoms. The van der Waals surface area contributed by atoms with Gasteiger partial charge in [-0.25, -0.2) is 0 Å². The lowest BCUT2D eigenvalue weighted by Crippen LogP contribution is -2.25. The fourth-order valence-electron chi connectivity index (χ4n) is 1.63. The Labute approximate surface area is 122 Å². The molecule has 0 radical (unpaired) electrons. The molecule has 1 amide bonds. The van der Waals surface area contributed by atoms with Gasteiger partial charge in [-0.15, -0.1) is 11.3 Å². The first-order valence-corrected chi connectivity index (χ1v) is 7.12. The van der Waals surface area contributed by atoms with Crippen LogP contribution in [0.1, 0.15) is 20.8 Å². The second-order valence-electron chi connectivity index (χ2n) is 4.07. The van der Waals surface area contributed by atoms with Gasteiger partial charge in [0, 0.05) is 24.3 Å². The molecule has 0 aliphatic rings. The summed E-state index contributed by atoms with van der Waals surface area (Å²) in [7, 11) is 0. The highest BCUT2D eigenvalue weighted by Gasteiger charge is 2.07. The molecule has 0 aliphatic carbocycles. The normalized spacial score (nSPS) is 9.65. The minimum Gasteiger partial charge on any atom is -0.352 e. The molecule has 2 heterocycles. The Kier molecular flexibility index (Phi) is 5.30. The molecule has 2 aromatic rings. The number of nitrogens with zero attached hydrogens (tertiary/aromatic N) is 1. The lowest BCUT2D eigenvalue weighted by Gasteiger charge is -2.03. The lowest BCUT2D eigenvalue weighted by atomic mass is 10.2. The smallest absolute Gasteiger partial charge is 0.252 e. The second kappa shape index (κ2) is 7.43. The van der Waals surface area contributed by atoms with Crippen molar-refractivity contribution in [2.24, 2.45) is 5.73 Å². The summed E-state index contributed by atoms with van der Waals surface area (Å²) in [6, 6.07) is 5.67. The third-order valence-electron chi connectivity index (χ3n) is 2.62. The highest BCUT2D eigenvalue weighted by molar-refractivity contribution is 7.10. The van der Waals surface area contributed by atoms with Crippen molar-refractivity contribution in [2.75, 3.05) is 13.1 Å². The Bertz CT molecular complexity index is 625. The topological polar surface area (TPSA) is 68.0 Å². The van der Waals surface area contributed by atoms with E-state index in [1.54, 1.807) is 18.5 Å². The minimum atomic E-state index is -0.0731. The maximum absolute atomic E-state index is 11.9. The SMILES string of the molecule is NCC#Cc1cc(C(=O)NCCc2ccncc2)cs1. The first-order chi connectivity index (χ1) is 9.79. The van der Waals surface area contributed by atoms with Crippen LogP contribution in [0.4, 0.5) is 0 Å². The number of rotatable bonds is 4. The molecule has 20 heavy (non-hydrogen) atoms. The van der Waals surface area contributed by atoms with Crippen molar-refractivity contribution in [1.82, 2.24) is 10.3 Å². The zero-order chi connectivity index (χ0) is 14.2. The summed E-state index contributed by atoms with van der Waals surface area (Å²) >= 11 is 1.45. The molecule has 3 N–H and O–H groups in total. The zero-order valence-electron chi connectivity index (χ0n) is 10.9. The van der Waals surface area contributed by atoms with Crippen molar-refractivity contribution in [1.29, 1.82) is 0 Å². The van der Waals surface area contributed by atoms with Crippen molar-refractivity contribution in [3.05, 3.63) is 52.0 Å². The molecule has 0 unspecified atom stereocenters. The van der Waals surface area contributed by atoms with Crippen molar-refractivity contribution >= 4 is 17.2 Å². The van der Waals surface area contributed by atoms with Crippen LogP contribution in [0.2, 0.25) is 0 Å². The highest BCUT2D eigenvalue weighted by Crippen LogP contribution is 2.13. The van der Waals surface area contributed by atoms with E-state index < -0.39 is 0 Å². The van der Waals surface area contributed by atoms with Crippen molar-refractivity contribution in [2.45, 2.75) is 6.42 Å². The maximum Gasteiger partial charge on any atom is 0.252 e. The first-order valence-electron chi connectivity index (χ1n) is 6.24. The Morgan fingerprint density at radius 3 is 2.95 bits per heavy atom. The van der Waals surface area contributed by atoms with E-state index in [1.807, 2.05) is 17.5 Å². The number of amides is 1. The third-order valence-corrected chi connectivity index (χ3v) is 3.47. The Morgan fingerprint density at radius 2 is 2.20 bits per heavy atom. The summed E-state index contributed by atoms with van der Waals surface area (Å²) in [6.45, 7) is 0.924. The molecule has 0 saturated heterocycles. The molecular formula is C15H15N3OS. The number of hydrogen-bond acceptors (Lipinski definition) is 4. The average molecular weight is 285 g/mol. The molecule has 4 nitrogen and oxygen atoms in total. The van der Waals surface area contributed by atoms with Crippen LogP contribution < -0.4 is 11.1 Å². The molecule has 0 spiro atoms. The Balaban J connectivity index is 1.84. The van der Waals surface area contributed by atoms with E-state index in [1.165, 1.54) is 11.3 Å². The van der Waals surface area contributed by atoms with Crippen LogP contribution in [0.15, 0.2) is 36.0 Å². The van der Waals surface area contributed by atoms with Gasteiger partial charge in [0.25, 0.3) is 5.91 Å². The number of carbonyl (C=O) groups excluding carboxylic acids is 1. The van der Waals surface area contributed by atoms with Crippen molar-refractivity contribution < 1.29 is 4.79 Å². The number of aromatic nitrogens is 1. The average Bonchev–Trinajstić information content (AvgIpc) is 2.95. The van der Waals surface area contributed by atoms with Gasteiger partial charge in [0.2, 0.25) is 0 Å². The number of nitrogens with one attached hydrogen (secondary N) is 1. The molecule has 0 atom stereocenters. The quantitative estimate of drug-likeness (QED) is 0.835. The summed E-state index contributed by atoms with van der Waals surface area (Å²) in [5.41, 5.74) is 7.11. The number of thiophene rings is 1. The van der Waals surface area contributed by atoms with E-state index in [0.29, 0.717) is 18.7 Å². The standard InChI is InChI=1S/C15H15N3OS/c16-6-1-2-14-10-13(11-20-14)15(19)18-9-5-12-3-7-17-8-4-12/h3-4,7-8,10-11H,5-6,9,16H2,(H,18,19). The van der Waals surface area contributed by atoms with Crippen LogP contribution in [0.3, 0.4) is 0 Å². The van der Waals surface area contributed by atoms with Crippen molar-refractivity contribution in [3.63, 3.8) is 0 Å². The minimum absolute atomic E-state index is 0.0731. The maximum atomic E-state index is 11.9. The third kappa shape index (κ3) is 4.19. The van der Waals surface area contributed by atoms with Gasteiger partial charge in [-0.2, -0.15) is 0 Å². The number of pyridine rings is 1. The first kappa shape index (κ1) is 14.3. The summed E-state index contributed by atoms with van der Waals surface area (Å²) in [4.78, 5) is 16.7. The monoisotopic (exact) mass is 285 g/mol. The molecule has 0 aromatic carbocycles. The molecular weight excluding hydrogens is 270 g/mol. The van der Waals surface area contributed by atoms with Crippen LogP contribution in [-0.2, 0) is 6.42 Å². The van der Waals surface area contributed by atoms with Crippen LogP contribution in [-0.4, -0.2) is 24.0 Å². The summed E-state index contributed by atoms with van der Waals surface area (Å²) in [6.07, 6.45) is 4.29. The number of carbonyl (C=O) groups is 1. The highest BCUT2D eigenvalue weighted by atomic mass is 32.1. The van der Waals surface area contributed by atoms with E-state index in [-0.39, 0.29) is 5.91 Å². The van der Waals surface area contributed by atoms with Gasteiger partial charge in [0.05, 0.1) is 17.0 Å². The molecule has 0 fully saturated rings. The van der Waals surface area contributed by atoms with Crippen molar-refractivity contribution in [3.8, 4) is 11.8 Å². The van der Waals surface area contributed by atoms with E-state index in [0.717, 1.165) is 16.9 Å². The fourth-order valence-corrected chi connectivity index (χ4v) is 2.39. The van der Waals surface area contributed by atoms with E-state index >= 15 is 0 Å². The van der Waals surface area contributed by atoms with E-state index in [4.69, 9.17) is 5.73 Å².